The zero-order valence-electron chi connectivity index (χ0n) is 11.9. The highest BCUT2D eigenvalue weighted by Gasteiger charge is 2.47. The first-order valence-corrected chi connectivity index (χ1v) is 6.52. The number of aromatic nitrogens is 3. The molecule has 1 fully saturated rings. The summed E-state index contributed by atoms with van der Waals surface area (Å²) in [6, 6.07) is 0.119. The molecule has 0 saturated carbocycles. The Kier molecular flexibility index (Phi) is 3.38. The summed E-state index contributed by atoms with van der Waals surface area (Å²) in [5, 5.41) is 16.8. The molecule has 1 aliphatic rings. The van der Waals surface area contributed by atoms with E-state index < -0.39 is 5.97 Å². The molecule has 1 aromatic rings. The van der Waals surface area contributed by atoms with Crippen molar-refractivity contribution < 1.29 is 14.6 Å². The van der Waals surface area contributed by atoms with Gasteiger partial charge in [0.1, 0.15) is 0 Å². The van der Waals surface area contributed by atoms with Crippen LogP contribution in [0.3, 0.4) is 0 Å². The number of carbonyl (C=O) groups is 1. The number of carboxylic acids is 1. The summed E-state index contributed by atoms with van der Waals surface area (Å²) in [5.74, 6) is -0.819. The van der Waals surface area contributed by atoms with Crippen molar-refractivity contribution in [3.05, 3.63) is 11.9 Å². The Bertz CT molecular complexity index is 479. The zero-order valence-corrected chi connectivity index (χ0v) is 11.9. The molecule has 0 aliphatic carbocycles. The van der Waals surface area contributed by atoms with E-state index in [-0.39, 0.29) is 23.7 Å². The topological polar surface area (TPSA) is 77.2 Å². The smallest absolute Gasteiger partial charge is 0.303 e. The lowest BCUT2D eigenvalue weighted by Crippen LogP contribution is -2.31. The van der Waals surface area contributed by atoms with Crippen LogP contribution in [0.4, 0.5) is 0 Å². The second-order valence-corrected chi connectivity index (χ2v) is 6.27. The van der Waals surface area contributed by atoms with Crippen molar-refractivity contribution in [3.8, 4) is 0 Å². The van der Waals surface area contributed by atoms with Gasteiger partial charge >= 0.3 is 5.97 Å². The van der Waals surface area contributed by atoms with E-state index in [2.05, 4.69) is 24.2 Å². The summed E-state index contributed by atoms with van der Waals surface area (Å²) >= 11 is 0. The van der Waals surface area contributed by atoms with E-state index in [1.165, 1.54) is 0 Å². The van der Waals surface area contributed by atoms with Crippen LogP contribution in [0, 0.1) is 0 Å². The van der Waals surface area contributed by atoms with Crippen molar-refractivity contribution in [3.63, 3.8) is 0 Å². The van der Waals surface area contributed by atoms with Gasteiger partial charge in [0.05, 0.1) is 29.4 Å². The first kappa shape index (κ1) is 14.0. The normalized spacial score (nSPS) is 24.5. The van der Waals surface area contributed by atoms with Crippen LogP contribution in [0.25, 0.3) is 0 Å². The van der Waals surface area contributed by atoms with Gasteiger partial charge in [0.15, 0.2) is 0 Å². The van der Waals surface area contributed by atoms with Crippen LogP contribution in [0.15, 0.2) is 6.20 Å². The predicted molar refractivity (Wildman–Crippen MR) is 68.9 cm³/mol. The van der Waals surface area contributed by atoms with Crippen LogP contribution < -0.4 is 0 Å². The van der Waals surface area contributed by atoms with E-state index in [1.807, 2.05) is 24.7 Å². The first-order valence-electron chi connectivity index (χ1n) is 6.52. The van der Waals surface area contributed by atoms with Gasteiger partial charge in [0.25, 0.3) is 0 Å². The van der Waals surface area contributed by atoms with Crippen molar-refractivity contribution in [2.24, 2.45) is 0 Å². The minimum Gasteiger partial charge on any atom is -0.481 e. The lowest BCUT2D eigenvalue weighted by molar-refractivity contribution is -0.136. The van der Waals surface area contributed by atoms with Gasteiger partial charge in [-0.25, -0.2) is 4.68 Å². The molecule has 1 atom stereocenters. The summed E-state index contributed by atoms with van der Waals surface area (Å²) in [6.45, 7) is 8.23. The van der Waals surface area contributed by atoms with E-state index in [0.29, 0.717) is 12.1 Å². The molecule has 1 N–H and O–H groups in total. The lowest BCUT2D eigenvalue weighted by atomic mass is 9.95. The van der Waals surface area contributed by atoms with Gasteiger partial charge in [-0.3, -0.25) is 4.79 Å². The lowest BCUT2D eigenvalue weighted by Gasteiger charge is -2.26. The van der Waals surface area contributed by atoms with Gasteiger partial charge in [0.2, 0.25) is 0 Å². The molecule has 1 aromatic heterocycles. The summed E-state index contributed by atoms with van der Waals surface area (Å²) in [4.78, 5) is 10.5. The molecule has 1 saturated heterocycles. The molecule has 106 valence electrons. The van der Waals surface area contributed by atoms with E-state index >= 15 is 0 Å². The average molecular weight is 267 g/mol. The van der Waals surface area contributed by atoms with Crippen molar-refractivity contribution in [1.82, 2.24) is 15.0 Å². The third-order valence-corrected chi connectivity index (χ3v) is 3.50. The minimum atomic E-state index is -0.819. The number of nitrogens with zero attached hydrogens (tertiary/aromatic N) is 3. The maximum Gasteiger partial charge on any atom is 0.303 e. The van der Waals surface area contributed by atoms with Crippen molar-refractivity contribution in [2.45, 2.75) is 64.2 Å². The maximum atomic E-state index is 10.5. The van der Waals surface area contributed by atoms with Gasteiger partial charge in [0, 0.05) is 19.0 Å². The number of carboxylic acid groups (broad SMARTS) is 1. The fourth-order valence-corrected chi connectivity index (χ4v) is 2.76. The van der Waals surface area contributed by atoms with E-state index in [4.69, 9.17) is 9.84 Å². The fraction of sp³-hybridized carbons (Fsp3) is 0.769. The second-order valence-electron chi connectivity index (χ2n) is 6.27. The van der Waals surface area contributed by atoms with E-state index in [9.17, 15) is 4.79 Å². The van der Waals surface area contributed by atoms with Gasteiger partial charge < -0.3 is 9.84 Å². The number of hydrogen-bond acceptors (Lipinski definition) is 4. The SMILES string of the molecule is CC1(C)CC(n2cc(CCC(=O)O)nn2)C(C)(C)O1. The van der Waals surface area contributed by atoms with Gasteiger partial charge in [-0.2, -0.15) is 0 Å². The van der Waals surface area contributed by atoms with Gasteiger partial charge in [-0.15, -0.1) is 5.10 Å². The molecular weight excluding hydrogens is 246 g/mol. The van der Waals surface area contributed by atoms with E-state index in [1.54, 1.807) is 0 Å². The van der Waals surface area contributed by atoms with Crippen molar-refractivity contribution >= 4 is 5.97 Å². The average Bonchev–Trinajstić information content (AvgIpc) is 2.77. The monoisotopic (exact) mass is 267 g/mol. The molecule has 6 heteroatoms. The number of aryl methyl sites for hydroxylation is 1. The molecular formula is C13H21N3O3. The predicted octanol–water partition coefficient (Wildman–Crippen LogP) is 1.81. The minimum absolute atomic E-state index is 0.0781. The molecule has 1 unspecified atom stereocenters. The largest absolute Gasteiger partial charge is 0.481 e. The molecule has 6 nitrogen and oxygen atoms in total. The summed E-state index contributed by atoms with van der Waals surface area (Å²) in [6.07, 6.45) is 3.18. The zero-order chi connectivity index (χ0) is 14.3. The number of aliphatic carboxylic acids is 1. The fourth-order valence-electron chi connectivity index (χ4n) is 2.76. The Balaban J connectivity index is 2.12. The van der Waals surface area contributed by atoms with Crippen LogP contribution in [0.2, 0.25) is 0 Å². The molecule has 0 radical (unpaired) electrons. The molecule has 2 heterocycles. The Labute approximate surface area is 112 Å². The van der Waals surface area contributed by atoms with Crippen LogP contribution in [-0.2, 0) is 16.0 Å². The molecule has 2 rings (SSSR count). The quantitative estimate of drug-likeness (QED) is 0.900. The second kappa shape index (κ2) is 4.59. The number of rotatable bonds is 4. The molecule has 0 amide bonds. The Morgan fingerprint density at radius 3 is 2.74 bits per heavy atom. The Hall–Kier alpha value is -1.43. The molecule has 19 heavy (non-hydrogen) atoms. The third kappa shape index (κ3) is 3.12. The Morgan fingerprint density at radius 2 is 2.21 bits per heavy atom. The number of hydrogen-bond donors (Lipinski definition) is 1. The Morgan fingerprint density at radius 1 is 1.53 bits per heavy atom. The van der Waals surface area contributed by atoms with Crippen molar-refractivity contribution in [1.29, 1.82) is 0 Å². The first-order chi connectivity index (χ1) is 8.70. The summed E-state index contributed by atoms with van der Waals surface area (Å²) in [7, 11) is 0. The van der Waals surface area contributed by atoms with Crippen LogP contribution in [0.5, 0.6) is 0 Å². The molecule has 1 aliphatic heterocycles. The highest BCUT2D eigenvalue weighted by Crippen LogP contribution is 2.44. The highest BCUT2D eigenvalue weighted by molar-refractivity contribution is 5.66. The number of ether oxygens (including phenoxy) is 1. The standard InChI is InChI=1S/C13H21N3O3/c1-12(2)7-10(13(3,4)19-12)16-8-9(14-15-16)5-6-11(17)18/h8,10H,5-7H2,1-4H3,(H,17,18). The molecule has 0 bridgehead atoms. The van der Waals surface area contributed by atoms with Crippen LogP contribution in [0.1, 0.15) is 52.3 Å². The van der Waals surface area contributed by atoms with Crippen molar-refractivity contribution in [2.75, 3.05) is 0 Å². The molecule has 0 aromatic carbocycles. The summed E-state index contributed by atoms with van der Waals surface area (Å²) < 4.78 is 7.84. The summed E-state index contributed by atoms with van der Waals surface area (Å²) in [5.41, 5.74) is 0.228. The van der Waals surface area contributed by atoms with E-state index in [0.717, 1.165) is 6.42 Å². The van der Waals surface area contributed by atoms with Crippen LogP contribution >= 0.6 is 0 Å². The van der Waals surface area contributed by atoms with Gasteiger partial charge in [-0.05, 0) is 27.7 Å². The molecule has 0 spiro atoms. The highest BCUT2D eigenvalue weighted by atomic mass is 16.5. The maximum absolute atomic E-state index is 10.5. The van der Waals surface area contributed by atoms with Gasteiger partial charge in [-0.1, -0.05) is 5.21 Å². The third-order valence-electron chi connectivity index (χ3n) is 3.50. The van der Waals surface area contributed by atoms with Crippen LogP contribution in [-0.4, -0.2) is 37.3 Å².